The molecule has 92 valence electrons. The Morgan fingerprint density at radius 1 is 1.29 bits per heavy atom. The van der Waals surface area contributed by atoms with Crippen molar-refractivity contribution >= 4 is 11.0 Å². The zero-order valence-electron chi connectivity index (χ0n) is 9.21. The molecule has 0 bridgehead atoms. The lowest BCUT2D eigenvalue weighted by molar-refractivity contribution is -0.137. The Hall–Kier alpha value is -1.49. The first-order chi connectivity index (χ1) is 7.86. The van der Waals surface area contributed by atoms with E-state index in [1.165, 1.54) is 6.07 Å². The first kappa shape index (κ1) is 12.0. The first-order valence-corrected chi connectivity index (χ1v) is 5.21. The average molecular weight is 243 g/mol. The van der Waals surface area contributed by atoms with Crippen molar-refractivity contribution in [3.05, 3.63) is 35.6 Å². The third-order valence-corrected chi connectivity index (χ3v) is 2.42. The Labute approximate surface area is 96.2 Å². The van der Waals surface area contributed by atoms with E-state index in [9.17, 15) is 13.2 Å². The second kappa shape index (κ2) is 4.07. The van der Waals surface area contributed by atoms with E-state index in [1.54, 1.807) is 6.07 Å². The quantitative estimate of drug-likeness (QED) is 0.878. The molecule has 0 aliphatic heterocycles. The predicted octanol–water partition coefficient (Wildman–Crippen LogP) is 3.34. The van der Waals surface area contributed by atoms with Crippen LogP contribution in [0.4, 0.5) is 13.2 Å². The maximum Gasteiger partial charge on any atom is 0.416 e. The number of benzene rings is 1. The lowest BCUT2D eigenvalue weighted by Crippen LogP contribution is -2.17. The fraction of sp³-hybridized carbons (Fsp3) is 0.333. The van der Waals surface area contributed by atoms with Crippen LogP contribution in [-0.2, 0) is 12.6 Å². The number of rotatable bonds is 2. The van der Waals surface area contributed by atoms with E-state index >= 15 is 0 Å². The van der Waals surface area contributed by atoms with Crippen LogP contribution in [0.1, 0.15) is 18.2 Å². The van der Waals surface area contributed by atoms with Crippen LogP contribution in [0, 0.1) is 0 Å². The van der Waals surface area contributed by atoms with Gasteiger partial charge in [0.25, 0.3) is 0 Å². The summed E-state index contributed by atoms with van der Waals surface area (Å²) in [5.74, 6) is 0.606. The van der Waals surface area contributed by atoms with Gasteiger partial charge in [0.1, 0.15) is 11.3 Å². The highest BCUT2D eigenvalue weighted by Gasteiger charge is 2.30. The number of furan rings is 1. The Kier molecular flexibility index (Phi) is 2.87. The second-order valence-electron chi connectivity index (χ2n) is 4.14. The van der Waals surface area contributed by atoms with Gasteiger partial charge >= 0.3 is 6.18 Å². The normalized spacial score (nSPS) is 14.2. The molecule has 5 heteroatoms. The highest BCUT2D eigenvalue weighted by molar-refractivity contribution is 5.78. The highest BCUT2D eigenvalue weighted by atomic mass is 19.4. The van der Waals surface area contributed by atoms with Crippen LogP contribution in [0.25, 0.3) is 11.0 Å². The van der Waals surface area contributed by atoms with Crippen molar-refractivity contribution in [3.63, 3.8) is 0 Å². The topological polar surface area (TPSA) is 39.2 Å². The van der Waals surface area contributed by atoms with Gasteiger partial charge in [0, 0.05) is 17.8 Å². The lowest BCUT2D eigenvalue weighted by Gasteiger charge is -2.04. The Bertz CT molecular complexity index is 528. The minimum atomic E-state index is -4.33. The molecule has 1 unspecified atom stereocenters. The van der Waals surface area contributed by atoms with Crippen molar-refractivity contribution in [1.29, 1.82) is 0 Å². The van der Waals surface area contributed by atoms with Gasteiger partial charge in [-0.1, -0.05) is 0 Å². The SMILES string of the molecule is CC(N)Cc1cc2cc(C(F)(F)F)ccc2o1. The van der Waals surface area contributed by atoms with E-state index in [1.807, 2.05) is 6.92 Å². The molecular formula is C12H12F3NO. The number of hydrogen-bond acceptors (Lipinski definition) is 2. The van der Waals surface area contributed by atoms with Crippen LogP contribution in [0.15, 0.2) is 28.7 Å². The number of nitrogens with two attached hydrogens (primary N) is 1. The summed E-state index contributed by atoms with van der Waals surface area (Å²) in [6, 6.07) is 4.96. The molecular weight excluding hydrogens is 231 g/mol. The van der Waals surface area contributed by atoms with Gasteiger partial charge in [-0.05, 0) is 31.2 Å². The number of hydrogen-bond donors (Lipinski definition) is 1. The molecule has 0 aliphatic rings. The van der Waals surface area contributed by atoms with Crippen molar-refractivity contribution in [3.8, 4) is 0 Å². The number of alkyl halides is 3. The summed E-state index contributed by atoms with van der Waals surface area (Å²) in [7, 11) is 0. The van der Waals surface area contributed by atoms with Gasteiger partial charge in [-0.15, -0.1) is 0 Å². The summed E-state index contributed by atoms with van der Waals surface area (Å²) in [6.45, 7) is 1.81. The molecule has 0 aliphatic carbocycles. The van der Waals surface area contributed by atoms with Crippen LogP contribution in [0.2, 0.25) is 0 Å². The molecule has 1 aromatic carbocycles. The van der Waals surface area contributed by atoms with Gasteiger partial charge in [-0.3, -0.25) is 0 Å². The van der Waals surface area contributed by atoms with Gasteiger partial charge in [-0.2, -0.15) is 13.2 Å². The molecule has 1 aromatic heterocycles. The molecule has 0 saturated carbocycles. The molecule has 0 saturated heterocycles. The third-order valence-electron chi connectivity index (χ3n) is 2.42. The van der Waals surface area contributed by atoms with Crippen LogP contribution >= 0.6 is 0 Å². The van der Waals surface area contributed by atoms with Crippen LogP contribution in [0.3, 0.4) is 0 Å². The van der Waals surface area contributed by atoms with Crippen LogP contribution in [-0.4, -0.2) is 6.04 Å². The summed E-state index contributed by atoms with van der Waals surface area (Å²) in [5.41, 5.74) is 5.39. The van der Waals surface area contributed by atoms with E-state index < -0.39 is 11.7 Å². The van der Waals surface area contributed by atoms with Gasteiger partial charge in [0.15, 0.2) is 0 Å². The maximum absolute atomic E-state index is 12.5. The zero-order valence-corrected chi connectivity index (χ0v) is 9.21. The molecule has 0 amide bonds. The minimum absolute atomic E-state index is 0.0855. The lowest BCUT2D eigenvalue weighted by atomic mass is 10.1. The smallest absolute Gasteiger partial charge is 0.416 e. The first-order valence-electron chi connectivity index (χ1n) is 5.21. The van der Waals surface area contributed by atoms with Crippen molar-refractivity contribution in [2.45, 2.75) is 25.6 Å². The van der Waals surface area contributed by atoms with Gasteiger partial charge < -0.3 is 10.2 Å². The third kappa shape index (κ3) is 2.61. The molecule has 2 rings (SSSR count). The summed E-state index contributed by atoms with van der Waals surface area (Å²) in [6.07, 6.45) is -3.82. The molecule has 0 radical (unpaired) electrons. The van der Waals surface area contributed by atoms with E-state index in [-0.39, 0.29) is 6.04 Å². The summed E-state index contributed by atoms with van der Waals surface area (Å²) >= 11 is 0. The molecule has 1 heterocycles. The second-order valence-corrected chi connectivity index (χ2v) is 4.14. The highest BCUT2D eigenvalue weighted by Crippen LogP contribution is 2.32. The molecule has 2 nitrogen and oxygen atoms in total. The molecule has 2 N–H and O–H groups in total. The van der Waals surface area contributed by atoms with Crippen molar-refractivity contribution in [1.82, 2.24) is 0 Å². The molecule has 0 fully saturated rings. The van der Waals surface area contributed by atoms with E-state index in [0.29, 0.717) is 23.2 Å². The predicted molar refractivity (Wildman–Crippen MR) is 58.6 cm³/mol. The van der Waals surface area contributed by atoms with E-state index in [0.717, 1.165) is 12.1 Å². The van der Waals surface area contributed by atoms with Crippen LogP contribution < -0.4 is 5.73 Å². The summed E-state index contributed by atoms with van der Waals surface area (Å²) < 4.78 is 42.8. The fourth-order valence-corrected chi connectivity index (χ4v) is 1.69. The van der Waals surface area contributed by atoms with Gasteiger partial charge in [0.05, 0.1) is 5.56 Å². The van der Waals surface area contributed by atoms with Gasteiger partial charge in [0.2, 0.25) is 0 Å². The fourth-order valence-electron chi connectivity index (χ4n) is 1.69. The average Bonchev–Trinajstić information content (AvgIpc) is 2.55. The summed E-state index contributed by atoms with van der Waals surface area (Å²) in [5, 5.41) is 0.454. The van der Waals surface area contributed by atoms with Crippen molar-refractivity contribution in [2.24, 2.45) is 5.73 Å². The van der Waals surface area contributed by atoms with Crippen molar-refractivity contribution in [2.75, 3.05) is 0 Å². The zero-order chi connectivity index (χ0) is 12.6. The van der Waals surface area contributed by atoms with Crippen LogP contribution in [0.5, 0.6) is 0 Å². The monoisotopic (exact) mass is 243 g/mol. The maximum atomic E-state index is 12.5. The molecule has 2 aromatic rings. The van der Waals surface area contributed by atoms with E-state index in [4.69, 9.17) is 10.2 Å². The molecule has 0 spiro atoms. The Balaban J connectivity index is 2.41. The molecule has 1 atom stereocenters. The number of halogens is 3. The largest absolute Gasteiger partial charge is 0.461 e. The standard InChI is InChI=1S/C12H12F3NO/c1-7(16)4-10-6-8-5-9(12(13,14)15)2-3-11(8)17-10/h2-3,5-7H,4,16H2,1H3. The van der Waals surface area contributed by atoms with Gasteiger partial charge in [-0.25, -0.2) is 0 Å². The number of fused-ring (bicyclic) bond motifs is 1. The van der Waals surface area contributed by atoms with E-state index in [2.05, 4.69) is 0 Å². The Morgan fingerprint density at radius 2 is 2.00 bits per heavy atom. The van der Waals surface area contributed by atoms with Crippen molar-refractivity contribution < 1.29 is 17.6 Å². The summed E-state index contributed by atoms with van der Waals surface area (Å²) in [4.78, 5) is 0. The minimum Gasteiger partial charge on any atom is -0.461 e. The Morgan fingerprint density at radius 3 is 2.59 bits per heavy atom. The molecule has 17 heavy (non-hydrogen) atoms.